The summed E-state index contributed by atoms with van der Waals surface area (Å²) in [4.78, 5) is 31.4. The molecule has 7 heteroatoms. The maximum atomic E-state index is 13.0. The Morgan fingerprint density at radius 1 is 0.865 bits per heavy atom. The van der Waals surface area contributed by atoms with E-state index in [9.17, 15) is 9.59 Å². The average Bonchev–Trinajstić information content (AvgIpc) is 3.28. The molecule has 37 heavy (non-hydrogen) atoms. The number of carbonyl (C=O) groups is 2. The van der Waals surface area contributed by atoms with Crippen molar-refractivity contribution in [1.82, 2.24) is 9.55 Å². The lowest BCUT2D eigenvalue weighted by Crippen LogP contribution is -2.26. The third kappa shape index (κ3) is 4.71. The van der Waals surface area contributed by atoms with E-state index in [4.69, 9.17) is 0 Å². The molecule has 3 aliphatic rings. The van der Waals surface area contributed by atoms with Crippen LogP contribution in [-0.2, 0) is 16.1 Å². The van der Waals surface area contributed by atoms with Crippen LogP contribution in [0.25, 0.3) is 33.2 Å². The van der Waals surface area contributed by atoms with Gasteiger partial charge in [0.15, 0.2) is 0 Å². The van der Waals surface area contributed by atoms with Crippen LogP contribution in [-0.4, -0.2) is 21.4 Å². The van der Waals surface area contributed by atoms with Crippen molar-refractivity contribution in [2.45, 2.75) is 19.9 Å². The van der Waals surface area contributed by atoms with Gasteiger partial charge in [0.25, 0.3) is 0 Å². The Hall–Kier alpha value is -4.42. The van der Waals surface area contributed by atoms with E-state index in [0.29, 0.717) is 17.1 Å². The second-order valence-electron chi connectivity index (χ2n) is 8.85. The van der Waals surface area contributed by atoms with E-state index >= 15 is 0 Å². The van der Waals surface area contributed by atoms with Gasteiger partial charge in [0.1, 0.15) is 6.42 Å². The molecule has 1 aliphatic heterocycles. The molecule has 6 nitrogen and oxygen atoms in total. The summed E-state index contributed by atoms with van der Waals surface area (Å²) in [5.41, 5.74) is 6.76. The zero-order chi connectivity index (χ0) is 24.6. The molecule has 1 N–H and O–H groups in total. The number of nitrogens with one attached hydrogen (secondary N) is 1. The third-order valence-corrected chi connectivity index (χ3v) is 6.51. The van der Waals surface area contributed by atoms with Gasteiger partial charge in [0.05, 0.1) is 23.4 Å². The number of aromatic nitrogens is 2. The Bertz CT molecular complexity index is 1610. The zero-order valence-electron chi connectivity index (χ0n) is 20.2. The Morgan fingerprint density at radius 3 is 2.27 bits per heavy atom. The highest BCUT2D eigenvalue weighted by Crippen LogP contribution is 2.40. The highest BCUT2D eigenvalue weighted by Gasteiger charge is 2.28. The van der Waals surface area contributed by atoms with Gasteiger partial charge in [0, 0.05) is 29.4 Å². The molecular formula is C30H25ClN4O2. The van der Waals surface area contributed by atoms with E-state index < -0.39 is 0 Å². The van der Waals surface area contributed by atoms with Crippen LogP contribution in [0.3, 0.4) is 0 Å². The molecule has 0 fully saturated rings. The highest BCUT2D eigenvalue weighted by molar-refractivity contribution is 6.21. The predicted molar refractivity (Wildman–Crippen MR) is 150 cm³/mol. The number of amides is 2. The van der Waals surface area contributed by atoms with E-state index in [-0.39, 0.29) is 30.6 Å². The Morgan fingerprint density at radius 2 is 1.62 bits per heavy atom. The van der Waals surface area contributed by atoms with Crippen LogP contribution in [0.2, 0.25) is 0 Å². The van der Waals surface area contributed by atoms with Crippen molar-refractivity contribution in [3.8, 4) is 22.4 Å². The molecule has 0 spiro atoms. The van der Waals surface area contributed by atoms with Crippen LogP contribution in [0.15, 0.2) is 97.5 Å². The minimum atomic E-state index is -0.304. The number of rotatable bonds is 3. The number of fused-ring (bicyclic) bond motifs is 4. The second kappa shape index (κ2) is 9.91. The highest BCUT2D eigenvalue weighted by atomic mass is 35.5. The lowest BCUT2D eigenvalue weighted by Gasteiger charge is -2.23. The van der Waals surface area contributed by atoms with Crippen molar-refractivity contribution in [2.75, 3.05) is 10.2 Å². The molecule has 7 rings (SSSR count). The normalized spacial score (nSPS) is 13.1. The number of aryl methyl sites for hydroxylation is 1. The fourth-order valence-electron chi connectivity index (χ4n) is 4.53. The fourth-order valence-corrected chi connectivity index (χ4v) is 4.53. The monoisotopic (exact) mass is 508 g/mol. The fraction of sp³-hybridized carbons (Fsp3) is 0.100. The van der Waals surface area contributed by atoms with Crippen molar-refractivity contribution in [3.63, 3.8) is 0 Å². The molecule has 4 aromatic rings. The summed E-state index contributed by atoms with van der Waals surface area (Å²) >= 11 is 0. The first-order chi connectivity index (χ1) is 17.6. The third-order valence-electron chi connectivity index (χ3n) is 6.51. The molecule has 184 valence electrons. The number of anilines is 3. The molecule has 2 aliphatic carbocycles. The molecule has 2 amide bonds. The summed E-state index contributed by atoms with van der Waals surface area (Å²) in [6.45, 7) is 2.93. The molecule has 0 radical (unpaired) electrons. The molecule has 0 bridgehead atoms. The SMILES string of the molecule is CCn1cnc(-c2ccc(N3C(=O)CC(=O)Nc4c3ccc3ccccc43)cc2)c1.Cl.c1cc2cc-2c1. The van der Waals surface area contributed by atoms with Gasteiger partial charge in [-0.3, -0.25) is 14.5 Å². The number of carbonyl (C=O) groups excluding carboxylic acids is 2. The second-order valence-corrected chi connectivity index (χ2v) is 8.85. The van der Waals surface area contributed by atoms with Crippen LogP contribution >= 0.6 is 12.4 Å². The number of benzene rings is 4. The van der Waals surface area contributed by atoms with E-state index in [1.807, 2.05) is 71.4 Å². The largest absolute Gasteiger partial charge is 0.337 e. The summed E-state index contributed by atoms with van der Waals surface area (Å²) in [6.07, 6.45) is 3.60. The number of nitrogens with zero attached hydrogens (tertiary/aromatic N) is 3. The number of imidazole rings is 1. The van der Waals surface area contributed by atoms with Crippen molar-refractivity contribution in [1.29, 1.82) is 0 Å². The molecule has 0 atom stereocenters. The summed E-state index contributed by atoms with van der Waals surface area (Å²) in [5, 5.41) is 4.84. The first-order valence-corrected chi connectivity index (χ1v) is 12.0. The van der Waals surface area contributed by atoms with Crippen molar-refractivity contribution in [2.24, 2.45) is 0 Å². The number of hydrogen-bond acceptors (Lipinski definition) is 3. The molecule has 0 saturated heterocycles. The van der Waals surface area contributed by atoms with Gasteiger partial charge < -0.3 is 9.88 Å². The maximum Gasteiger partial charge on any atom is 0.241 e. The summed E-state index contributed by atoms with van der Waals surface area (Å²) in [6, 6.07) is 27.9. The first-order valence-electron chi connectivity index (χ1n) is 12.0. The predicted octanol–water partition coefficient (Wildman–Crippen LogP) is 6.82. The quantitative estimate of drug-likeness (QED) is 0.267. The van der Waals surface area contributed by atoms with E-state index in [1.165, 1.54) is 11.1 Å². The minimum absolute atomic E-state index is 0. The average molecular weight is 509 g/mol. The van der Waals surface area contributed by atoms with E-state index in [1.54, 1.807) is 11.2 Å². The van der Waals surface area contributed by atoms with Crippen molar-refractivity contribution in [3.05, 3.63) is 97.5 Å². The molecule has 3 aromatic carbocycles. The maximum absolute atomic E-state index is 13.0. The Kier molecular flexibility index (Phi) is 6.51. The molecular weight excluding hydrogens is 484 g/mol. The van der Waals surface area contributed by atoms with Gasteiger partial charge in [-0.1, -0.05) is 60.7 Å². The molecule has 2 heterocycles. The van der Waals surface area contributed by atoms with Crippen LogP contribution in [0.1, 0.15) is 13.3 Å². The lowest BCUT2D eigenvalue weighted by atomic mass is 10.1. The van der Waals surface area contributed by atoms with Gasteiger partial charge in [-0.2, -0.15) is 0 Å². The van der Waals surface area contributed by atoms with E-state index in [0.717, 1.165) is 28.6 Å². The van der Waals surface area contributed by atoms with Crippen molar-refractivity contribution < 1.29 is 9.59 Å². The van der Waals surface area contributed by atoms with Gasteiger partial charge in [-0.25, -0.2) is 4.98 Å². The lowest BCUT2D eigenvalue weighted by molar-refractivity contribution is -0.124. The first kappa shape index (κ1) is 24.3. The molecule has 0 unspecified atom stereocenters. The summed E-state index contributed by atoms with van der Waals surface area (Å²) in [5.74, 6) is -0.564. The van der Waals surface area contributed by atoms with Gasteiger partial charge in [-0.15, -0.1) is 12.4 Å². The smallest absolute Gasteiger partial charge is 0.241 e. The molecule has 0 saturated carbocycles. The van der Waals surface area contributed by atoms with Crippen LogP contribution in [0, 0.1) is 0 Å². The minimum Gasteiger partial charge on any atom is -0.337 e. The number of hydrogen-bond donors (Lipinski definition) is 1. The van der Waals surface area contributed by atoms with Gasteiger partial charge in [-0.05, 0) is 47.7 Å². The van der Waals surface area contributed by atoms with E-state index in [2.05, 4.69) is 41.5 Å². The topological polar surface area (TPSA) is 67.2 Å². The summed E-state index contributed by atoms with van der Waals surface area (Å²) < 4.78 is 2.01. The van der Waals surface area contributed by atoms with Gasteiger partial charge in [0.2, 0.25) is 11.8 Å². The Balaban J connectivity index is 0.000000347. The summed E-state index contributed by atoms with van der Waals surface area (Å²) in [7, 11) is 0. The Labute approximate surface area is 221 Å². The number of halogens is 1. The molecule has 1 aromatic heterocycles. The zero-order valence-corrected chi connectivity index (χ0v) is 21.0. The van der Waals surface area contributed by atoms with Crippen LogP contribution in [0.5, 0.6) is 0 Å². The van der Waals surface area contributed by atoms with Crippen LogP contribution in [0.4, 0.5) is 17.1 Å². The van der Waals surface area contributed by atoms with Gasteiger partial charge >= 0.3 is 0 Å². The van der Waals surface area contributed by atoms with Crippen molar-refractivity contribution >= 4 is 52.1 Å². The standard InChI is InChI=1S/C24H20N4O2.C6H4.ClH/c1-2-27-14-20(25-15-27)17-7-10-18(11-8-17)28-21-12-9-16-5-3-4-6-19(16)24(21)26-22(29)13-23(28)30;1-2-5-4-6(5)3-1;/h3-12,14-15H,2,13H2,1H3,(H,26,29);1-4H;1H. The van der Waals surface area contributed by atoms with Crippen LogP contribution < -0.4 is 10.2 Å².